The zero-order valence-electron chi connectivity index (χ0n) is 5.67. The van der Waals surface area contributed by atoms with Crippen molar-refractivity contribution in [2.24, 2.45) is 5.73 Å². The SMILES string of the molecule is C#CC(C)N1CC(N)C1. The molecule has 0 bridgehead atoms. The molecule has 9 heavy (non-hydrogen) atoms. The van der Waals surface area contributed by atoms with Gasteiger partial charge in [0.25, 0.3) is 0 Å². The van der Waals surface area contributed by atoms with Crippen LogP contribution in [0.1, 0.15) is 6.92 Å². The molecule has 1 atom stereocenters. The molecule has 1 aliphatic rings. The number of nitrogens with two attached hydrogens (primary N) is 1. The minimum atomic E-state index is 0.268. The molecular weight excluding hydrogens is 112 g/mol. The van der Waals surface area contributed by atoms with Crippen molar-refractivity contribution in [1.82, 2.24) is 4.90 Å². The maximum atomic E-state index is 5.55. The van der Waals surface area contributed by atoms with Crippen LogP contribution in [0.3, 0.4) is 0 Å². The molecular formula is C7H12N2. The molecule has 1 rings (SSSR count). The average molecular weight is 124 g/mol. The minimum Gasteiger partial charge on any atom is -0.325 e. The van der Waals surface area contributed by atoms with Gasteiger partial charge in [-0.25, -0.2) is 0 Å². The molecule has 0 amide bonds. The van der Waals surface area contributed by atoms with Crippen LogP contribution in [0.4, 0.5) is 0 Å². The molecule has 1 aliphatic heterocycles. The molecule has 1 heterocycles. The van der Waals surface area contributed by atoms with Gasteiger partial charge in [-0.1, -0.05) is 5.92 Å². The third-order valence-corrected chi connectivity index (χ3v) is 1.73. The molecule has 0 aromatic rings. The first-order chi connectivity index (χ1) is 4.24. The molecule has 2 nitrogen and oxygen atoms in total. The molecule has 0 aromatic carbocycles. The number of hydrogen-bond donors (Lipinski definition) is 1. The summed E-state index contributed by atoms with van der Waals surface area (Å²) in [4.78, 5) is 2.19. The predicted molar refractivity (Wildman–Crippen MR) is 37.8 cm³/mol. The van der Waals surface area contributed by atoms with Gasteiger partial charge >= 0.3 is 0 Å². The Morgan fingerprint density at radius 3 is 2.67 bits per heavy atom. The normalized spacial score (nSPS) is 24.6. The van der Waals surface area contributed by atoms with Crippen LogP contribution in [0, 0.1) is 12.3 Å². The fourth-order valence-corrected chi connectivity index (χ4v) is 0.971. The average Bonchev–Trinajstić information content (AvgIpc) is 1.79. The van der Waals surface area contributed by atoms with E-state index in [1.807, 2.05) is 6.92 Å². The molecule has 1 saturated heterocycles. The Labute approximate surface area is 56.0 Å². The second-order valence-corrected chi connectivity index (χ2v) is 2.56. The van der Waals surface area contributed by atoms with Crippen molar-refractivity contribution in [1.29, 1.82) is 0 Å². The van der Waals surface area contributed by atoms with E-state index in [4.69, 9.17) is 12.2 Å². The van der Waals surface area contributed by atoms with Crippen molar-refractivity contribution < 1.29 is 0 Å². The Bertz CT molecular complexity index is 130. The van der Waals surface area contributed by atoms with E-state index < -0.39 is 0 Å². The summed E-state index contributed by atoms with van der Waals surface area (Å²) in [6.45, 7) is 3.95. The van der Waals surface area contributed by atoms with Gasteiger partial charge < -0.3 is 5.73 Å². The van der Waals surface area contributed by atoms with Crippen LogP contribution >= 0.6 is 0 Å². The Balaban J connectivity index is 2.25. The fraction of sp³-hybridized carbons (Fsp3) is 0.714. The lowest BCUT2D eigenvalue weighted by Gasteiger charge is -2.39. The molecule has 1 fully saturated rings. The van der Waals surface area contributed by atoms with Gasteiger partial charge in [0.2, 0.25) is 0 Å². The van der Waals surface area contributed by atoms with Gasteiger partial charge in [-0.15, -0.1) is 6.42 Å². The highest BCUT2D eigenvalue weighted by Crippen LogP contribution is 2.08. The van der Waals surface area contributed by atoms with Crippen molar-refractivity contribution in [3.8, 4) is 12.3 Å². The summed E-state index contributed by atoms with van der Waals surface area (Å²) in [5, 5.41) is 0. The van der Waals surface area contributed by atoms with Crippen LogP contribution in [0.5, 0.6) is 0 Å². The quantitative estimate of drug-likeness (QED) is 0.484. The Morgan fingerprint density at radius 1 is 1.78 bits per heavy atom. The van der Waals surface area contributed by atoms with Crippen molar-refractivity contribution >= 4 is 0 Å². The van der Waals surface area contributed by atoms with E-state index in [0.29, 0.717) is 6.04 Å². The highest BCUT2D eigenvalue weighted by Gasteiger charge is 2.25. The molecule has 0 aliphatic carbocycles. The summed E-state index contributed by atoms with van der Waals surface area (Å²) in [5.41, 5.74) is 5.55. The first-order valence-corrected chi connectivity index (χ1v) is 3.20. The first-order valence-electron chi connectivity index (χ1n) is 3.20. The van der Waals surface area contributed by atoms with E-state index in [0.717, 1.165) is 13.1 Å². The summed E-state index contributed by atoms with van der Waals surface area (Å²) in [6.07, 6.45) is 5.20. The van der Waals surface area contributed by atoms with Crippen LogP contribution < -0.4 is 5.73 Å². The summed E-state index contributed by atoms with van der Waals surface area (Å²) < 4.78 is 0. The largest absolute Gasteiger partial charge is 0.325 e. The Kier molecular flexibility index (Phi) is 1.75. The van der Waals surface area contributed by atoms with Crippen LogP contribution in [0.2, 0.25) is 0 Å². The number of rotatable bonds is 1. The van der Waals surface area contributed by atoms with Crippen molar-refractivity contribution in [2.45, 2.75) is 19.0 Å². The van der Waals surface area contributed by atoms with Crippen LogP contribution in [0.25, 0.3) is 0 Å². The van der Waals surface area contributed by atoms with Gasteiger partial charge in [-0.2, -0.15) is 0 Å². The topological polar surface area (TPSA) is 29.3 Å². The predicted octanol–water partition coefficient (Wildman–Crippen LogP) is -0.349. The fourth-order valence-electron chi connectivity index (χ4n) is 0.971. The monoisotopic (exact) mass is 124 g/mol. The highest BCUT2D eigenvalue weighted by molar-refractivity contribution is 5.01. The van der Waals surface area contributed by atoms with Crippen LogP contribution in [-0.2, 0) is 0 Å². The van der Waals surface area contributed by atoms with Crippen molar-refractivity contribution in [3.63, 3.8) is 0 Å². The first kappa shape index (κ1) is 6.60. The third-order valence-electron chi connectivity index (χ3n) is 1.73. The van der Waals surface area contributed by atoms with Gasteiger partial charge in [0, 0.05) is 19.1 Å². The van der Waals surface area contributed by atoms with E-state index in [1.165, 1.54) is 0 Å². The molecule has 2 N–H and O–H groups in total. The second-order valence-electron chi connectivity index (χ2n) is 2.56. The molecule has 0 radical (unpaired) electrons. The van der Waals surface area contributed by atoms with Crippen LogP contribution in [0.15, 0.2) is 0 Å². The van der Waals surface area contributed by atoms with Crippen LogP contribution in [-0.4, -0.2) is 30.1 Å². The van der Waals surface area contributed by atoms with Gasteiger partial charge in [-0.05, 0) is 6.92 Å². The minimum absolute atomic E-state index is 0.268. The molecule has 50 valence electrons. The van der Waals surface area contributed by atoms with Gasteiger partial charge in [0.05, 0.1) is 6.04 Å². The van der Waals surface area contributed by atoms with Gasteiger partial charge in [0.1, 0.15) is 0 Å². The molecule has 0 spiro atoms. The Hall–Kier alpha value is -0.520. The summed E-state index contributed by atoms with van der Waals surface area (Å²) >= 11 is 0. The lowest BCUT2D eigenvalue weighted by atomic mass is 10.1. The third kappa shape index (κ3) is 1.24. The van der Waals surface area contributed by atoms with E-state index >= 15 is 0 Å². The maximum absolute atomic E-state index is 5.55. The molecule has 0 aromatic heterocycles. The van der Waals surface area contributed by atoms with E-state index in [9.17, 15) is 0 Å². The van der Waals surface area contributed by atoms with Crippen molar-refractivity contribution in [2.75, 3.05) is 13.1 Å². The molecule has 0 saturated carbocycles. The summed E-state index contributed by atoms with van der Waals surface area (Å²) in [5.74, 6) is 2.66. The Morgan fingerprint density at radius 2 is 2.33 bits per heavy atom. The summed E-state index contributed by atoms with van der Waals surface area (Å²) in [7, 11) is 0. The number of likely N-dealkylation sites (tertiary alicyclic amines) is 1. The van der Waals surface area contributed by atoms with E-state index in [2.05, 4.69) is 10.8 Å². The summed E-state index contributed by atoms with van der Waals surface area (Å²) in [6, 6.07) is 0.630. The number of hydrogen-bond acceptors (Lipinski definition) is 2. The van der Waals surface area contributed by atoms with Crippen molar-refractivity contribution in [3.05, 3.63) is 0 Å². The zero-order valence-corrected chi connectivity index (χ0v) is 5.67. The van der Waals surface area contributed by atoms with E-state index in [1.54, 1.807) is 0 Å². The zero-order chi connectivity index (χ0) is 6.85. The number of terminal acetylenes is 1. The second kappa shape index (κ2) is 2.38. The van der Waals surface area contributed by atoms with E-state index in [-0.39, 0.29) is 6.04 Å². The molecule has 2 heteroatoms. The number of nitrogens with zero attached hydrogens (tertiary/aromatic N) is 1. The highest BCUT2D eigenvalue weighted by atomic mass is 15.2. The lowest BCUT2D eigenvalue weighted by molar-refractivity contribution is 0.130. The standard InChI is InChI=1S/C7H12N2/c1-3-6(2)9-4-7(8)5-9/h1,6-7H,4-5,8H2,2H3. The smallest absolute Gasteiger partial charge is 0.0684 e. The van der Waals surface area contributed by atoms with Gasteiger partial charge in [-0.3, -0.25) is 4.90 Å². The van der Waals surface area contributed by atoms with Gasteiger partial charge in [0.15, 0.2) is 0 Å². The lowest BCUT2D eigenvalue weighted by Crippen LogP contribution is -2.58. The molecule has 1 unspecified atom stereocenters. The maximum Gasteiger partial charge on any atom is 0.0684 e.